The minimum Gasteiger partial charge on any atom is -0.379 e. The van der Waals surface area contributed by atoms with E-state index in [0.717, 1.165) is 36.2 Å². The molecule has 0 saturated carbocycles. The van der Waals surface area contributed by atoms with E-state index in [9.17, 15) is 17.6 Å². The van der Waals surface area contributed by atoms with Crippen molar-refractivity contribution in [2.24, 2.45) is 5.92 Å². The van der Waals surface area contributed by atoms with E-state index in [1.54, 1.807) is 24.3 Å². The van der Waals surface area contributed by atoms with Gasteiger partial charge in [0.2, 0.25) is 5.91 Å². The van der Waals surface area contributed by atoms with Crippen molar-refractivity contribution in [3.05, 3.63) is 59.9 Å². The number of carbonyl (C=O) groups excluding carboxylic acids is 1. The van der Waals surface area contributed by atoms with E-state index in [1.807, 2.05) is 32.6 Å². The Labute approximate surface area is 172 Å². The van der Waals surface area contributed by atoms with Crippen molar-refractivity contribution >= 4 is 16.0 Å². The predicted molar refractivity (Wildman–Crippen MR) is 110 cm³/mol. The molecular weight excluding hydrogens is 393 g/mol. The van der Waals surface area contributed by atoms with Crippen molar-refractivity contribution < 1.29 is 21.8 Å². The second kappa shape index (κ2) is 9.87. The molecule has 0 aliphatic heterocycles. The molecule has 0 unspecified atom stereocenters. The second-order valence-electron chi connectivity index (χ2n) is 7.51. The molecule has 1 atom stereocenters. The molecule has 1 amide bonds. The zero-order valence-electron chi connectivity index (χ0n) is 17.3. The minimum absolute atomic E-state index is 0.105. The van der Waals surface area contributed by atoms with Gasteiger partial charge in [0.25, 0.3) is 0 Å². The summed E-state index contributed by atoms with van der Waals surface area (Å²) in [6.45, 7) is 8.54. The first kappa shape index (κ1) is 22.9. The summed E-state index contributed by atoms with van der Waals surface area (Å²) in [6.07, 6.45) is 1.34. The average Bonchev–Trinajstić information content (AvgIpc) is 2.66. The maximum absolute atomic E-state index is 13.0. The molecule has 158 valence electrons. The smallest absolute Gasteiger partial charge is 0.339 e. The fourth-order valence-electron chi connectivity index (χ4n) is 2.80. The molecule has 0 saturated heterocycles. The fraction of sp³-hybridized carbons (Fsp3) is 0.409. The molecule has 29 heavy (non-hydrogen) atoms. The molecular formula is C22H28FNO4S. The van der Waals surface area contributed by atoms with Crippen LogP contribution in [0.3, 0.4) is 0 Å². The molecule has 0 N–H and O–H groups in total. The number of benzene rings is 2. The van der Waals surface area contributed by atoms with Crippen molar-refractivity contribution in [1.82, 2.24) is 4.90 Å². The number of rotatable bonds is 9. The second-order valence-corrected chi connectivity index (χ2v) is 9.06. The quantitative estimate of drug-likeness (QED) is 0.547. The number of carbonyl (C=O) groups is 1. The van der Waals surface area contributed by atoms with Crippen molar-refractivity contribution in [2.45, 2.75) is 58.0 Å². The topological polar surface area (TPSA) is 63.7 Å². The van der Waals surface area contributed by atoms with E-state index in [-0.39, 0.29) is 28.5 Å². The van der Waals surface area contributed by atoms with Gasteiger partial charge in [-0.25, -0.2) is 4.39 Å². The van der Waals surface area contributed by atoms with Gasteiger partial charge in [0.1, 0.15) is 16.5 Å². The summed E-state index contributed by atoms with van der Waals surface area (Å²) in [6, 6.07) is 11.1. The van der Waals surface area contributed by atoms with Gasteiger partial charge in [0, 0.05) is 19.0 Å². The summed E-state index contributed by atoms with van der Waals surface area (Å²) in [7, 11) is -4.04. The molecule has 2 rings (SSSR count). The average molecular weight is 422 g/mol. The Balaban J connectivity index is 2.12. The highest BCUT2D eigenvalue weighted by molar-refractivity contribution is 7.87. The Kier molecular flexibility index (Phi) is 7.79. The maximum Gasteiger partial charge on any atom is 0.339 e. The summed E-state index contributed by atoms with van der Waals surface area (Å²) < 4.78 is 42.7. The third-order valence-electron chi connectivity index (χ3n) is 4.61. The summed E-state index contributed by atoms with van der Waals surface area (Å²) in [5.41, 5.74) is 0.883. The SMILES string of the molecule is CC[C@H](C)N(Cc1ccc(OS(=O)(=O)c2ccc(F)cc2)cc1)C(=O)CC(C)C. The molecule has 0 fully saturated rings. The van der Waals surface area contributed by atoms with Crippen molar-refractivity contribution in [2.75, 3.05) is 0 Å². The van der Waals surface area contributed by atoms with E-state index in [4.69, 9.17) is 4.18 Å². The Bertz CT molecular complexity index is 909. The highest BCUT2D eigenvalue weighted by Crippen LogP contribution is 2.21. The van der Waals surface area contributed by atoms with E-state index >= 15 is 0 Å². The Morgan fingerprint density at radius 3 is 2.14 bits per heavy atom. The van der Waals surface area contributed by atoms with Gasteiger partial charge >= 0.3 is 10.1 Å². The third kappa shape index (κ3) is 6.56. The number of amides is 1. The normalized spacial score (nSPS) is 12.6. The molecule has 7 heteroatoms. The monoisotopic (exact) mass is 421 g/mol. The van der Waals surface area contributed by atoms with E-state index in [1.165, 1.54) is 0 Å². The number of hydrogen-bond donors (Lipinski definition) is 0. The highest BCUT2D eigenvalue weighted by Gasteiger charge is 2.21. The number of nitrogens with zero attached hydrogens (tertiary/aromatic N) is 1. The van der Waals surface area contributed by atoms with Gasteiger partial charge in [-0.1, -0.05) is 32.9 Å². The van der Waals surface area contributed by atoms with Gasteiger partial charge in [-0.05, 0) is 61.2 Å². The standard InChI is InChI=1S/C22H28FNO4S/c1-5-17(4)24(22(25)14-16(2)3)15-18-6-10-20(11-7-18)28-29(26,27)21-12-8-19(23)9-13-21/h6-13,16-17H,5,14-15H2,1-4H3/t17-/m0/s1. The van der Waals surface area contributed by atoms with Crippen LogP contribution in [0.1, 0.15) is 46.1 Å². The van der Waals surface area contributed by atoms with Crippen LogP contribution < -0.4 is 4.18 Å². The van der Waals surface area contributed by atoms with Gasteiger partial charge in [-0.2, -0.15) is 8.42 Å². The van der Waals surface area contributed by atoms with Crippen LogP contribution in [-0.4, -0.2) is 25.3 Å². The summed E-state index contributed by atoms with van der Waals surface area (Å²) >= 11 is 0. The fourth-order valence-corrected chi connectivity index (χ4v) is 3.73. The maximum atomic E-state index is 13.0. The molecule has 0 bridgehead atoms. The molecule has 0 radical (unpaired) electrons. The lowest BCUT2D eigenvalue weighted by Gasteiger charge is -2.29. The lowest BCUT2D eigenvalue weighted by molar-refractivity contribution is -0.134. The molecule has 0 heterocycles. The molecule has 0 aliphatic rings. The molecule has 5 nitrogen and oxygen atoms in total. The van der Waals surface area contributed by atoms with Gasteiger partial charge in [-0.15, -0.1) is 0 Å². The van der Waals surface area contributed by atoms with E-state index in [0.29, 0.717) is 13.0 Å². The Morgan fingerprint density at radius 1 is 1.03 bits per heavy atom. The molecule has 2 aromatic rings. The summed E-state index contributed by atoms with van der Waals surface area (Å²) in [5.74, 6) is 0.0166. The first-order valence-corrected chi connectivity index (χ1v) is 11.1. The first-order chi connectivity index (χ1) is 13.6. The van der Waals surface area contributed by atoms with Crippen LogP contribution in [0.4, 0.5) is 4.39 Å². The van der Waals surface area contributed by atoms with Gasteiger partial charge in [0.15, 0.2) is 0 Å². The molecule has 0 aliphatic carbocycles. The van der Waals surface area contributed by atoms with Gasteiger partial charge in [-0.3, -0.25) is 4.79 Å². The Morgan fingerprint density at radius 2 is 1.62 bits per heavy atom. The van der Waals surface area contributed by atoms with Crippen LogP contribution in [0.5, 0.6) is 5.75 Å². The lowest BCUT2D eigenvalue weighted by atomic mass is 10.1. The van der Waals surface area contributed by atoms with Crippen molar-refractivity contribution in [3.8, 4) is 5.75 Å². The lowest BCUT2D eigenvalue weighted by Crippen LogP contribution is -2.38. The zero-order chi connectivity index (χ0) is 21.6. The van der Waals surface area contributed by atoms with Gasteiger partial charge < -0.3 is 9.08 Å². The first-order valence-electron chi connectivity index (χ1n) is 9.70. The highest BCUT2D eigenvalue weighted by atomic mass is 32.2. The molecule has 0 spiro atoms. The third-order valence-corrected chi connectivity index (χ3v) is 5.87. The van der Waals surface area contributed by atoms with Crippen LogP contribution in [0, 0.1) is 11.7 Å². The number of hydrogen-bond acceptors (Lipinski definition) is 4. The molecule has 0 aromatic heterocycles. The van der Waals surface area contributed by atoms with Crippen molar-refractivity contribution in [3.63, 3.8) is 0 Å². The molecule has 2 aromatic carbocycles. The van der Waals surface area contributed by atoms with Crippen LogP contribution in [0.15, 0.2) is 53.4 Å². The predicted octanol–water partition coefficient (Wildman–Crippen LogP) is 4.77. The van der Waals surface area contributed by atoms with Crippen LogP contribution in [-0.2, 0) is 21.5 Å². The van der Waals surface area contributed by atoms with E-state index in [2.05, 4.69) is 0 Å². The van der Waals surface area contributed by atoms with E-state index < -0.39 is 15.9 Å². The van der Waals surface area contributed by atoms with Crippen LogP contribution in [0.25, 0.3) is 0 Å². The van der Waals surface area contributed by atoms with Crippen LogP contribution >= 0.6 is 0 Å². The van der Waals surface area contributed by atoms with Gasteiger partial charge in [0.05, 0.1) is 0 Å². The summed E-state index contributed by atoms with van der Waals surface area (Å²) in [5, 5.41) is 0. The Hall–Kier alpha value is -2.41. The largest absolute Gasteiger partial charge is 0.379 e. The summed E-state index contributed by atoms with van der Waals surface area (Å²) in [4.78, 5) is 14.3. The van der Waals surface area contributed by atoms with Crippen LogP contribution in [0.2, 0.25) is 0 Å². The van der Waals surface area contributed by atoms with Crippen molar-refractivity contribution in [1.29, 1.82) is 0 Å². The zero-order valence-corrected chi connectivity index (χ0v) is 18.1. The number of halogens is 1. The minimum atomic E-state index is -4.04.